The van der Waals surface area contributed by atoms with Gasteiger partial charge in [-0.2, -0.15) is 5.26 Å². The molecule has 1 aliphatic rings. The Bertz CT molecular complexity index is 1160. The molecule has 10 heteroatoms. The molecule has 29 heavy (non-hydrogen) atoms. The first-order chi connectivity index (χ1) is 13.9. The molecule has 4 rings (SSSR count). The van der Waals surface area contributed by atoms with Crippen molar-refractivity contribution in [3.8, 4) is 6.07 Å². The minimum absolute atomic E-state index is 0.0969. The lowest BCUT2D eigenvalue weighted by molar-refractivity contribution is 0.198. The molecule has 1 unspecified atom stereocenters. The highest BCUT2D eigenvalue weighted by atomic mass is 32.2. The Balaban J connectivity index is 0.00000117. The summed E-state index contributed by atoms with van der Waals surface area (Å²) in [5, 5.41) is 20.2. The van der Waals surface area contributed by atoms with Gasteiger partial charge in [0.05, 0.1) is 29.1 Å². The van der Waals surface area contributed by atoms with Crippen molar-refractivity contribution in [3.05, 3.63) is 35.7 Å². The summed E-state index contributed by atoms with van der Waals surface area (Å²) in [5.41, 5.74) is 2.31. The first-order valence-electron chi connectivity index (χ1n) is 9.31. The number of hydrogen-bond donors (Lipinski definition) is 3. The van der Waals surface area contributed by atoms with Crippen molar-refractivity contribution in [2.24, 2.45) is 0 Å². The van der Waals surface area contributed by atoms with E-state index in [4.69, 9.17) is 0 Å². The standard InChI is InChI=1S/C17H17N5O3S2.C2H6/c1-10-2-3-13(16-15(10)11(6-18)7-19-16)21-27(24,25)14-8-20-17(26-14)22-5-4-12(23)9-22;1-2/h2-3,7-8,12,19,21,23H,4-5,9H2,1H3;1-2H3. The summed E-state index contributed by atoms with van der Waals surface area (Å²) >= 11 is 1.07. The fourth-order valence-corrected chi connectivity index (χ4v) is 5.45. The normalized spacial score (nSPS) is 16.4. The van der Waals surface area contributed by atoms with Crippen molar-refractivity contribution in [3.63, 3.8) is 0 Å². The van der Waals surface area contributed by atoms with Crippen molar-refractivity contribution >= 4 is 43.1 Å². The zero-order valence-electron chi connectivity index (χ0n) is 16.4. The second kappa shape index (κ2) is 8.41. The number of fused-ring (bicyclic) bond motifs is 1. The molecule has 1 aromatic carbocycles. The van der Waals surface area contributed by atoms with E-state index in [1.807, 2.05) is 25.7 Å². The number of hydrogen-bond acceptors (Lipinski definition) is 7. The molecule has 0 aliphatic carbocycles. The smallest absolute Gasteiger partial charge is 0.273 e. The van der Waals surface area contributed by atoms with Gasteiger partial charge in [0.25, 0.3) is 10.0 Å². The predicted molar refractivity (Wildman–Crippen MR) is 115 cm³/mol. The van der Waals surface area contributed by atoms with Crippen molar-refractivity contribution in [2.75, 3.05) is 22.7 Å². The van der Waals surface area contributed by atoms with Gasteiger partial charge in [0, 0.05) is 24.7 Å². The number of aromatic nitrogens is 2. The summed E-state index contributed by atoms with van der Waals surface area (Å²) < 4.78 is 28.3. The minimum atomic E-state index is -3.82. The summed E-state index contributed by atoms with van der Waals surface area (Å²) in [5.74, 6) is 0. The van der Waals surface area contributed by atoms with E-state index < -0.39 is 16.1 Å². The van der Waals surface area contributed by atoms with Gasteiger partial charge in [-0.05, 0) is 25.0 Å². The van der Waals surface area contributed by atoms with Gasteiger partial charge in [-0.25, -0.2) is 13.4 Å². The summed E-state index contributed by atoms with van der Waals surface area (Å²) in [6.07, 6.45) is 3.14. The van der Waals surface area contributed by atoms with E-state index in [1.54, 1.807) is 18.3 Å². The number of anilines is 2. The van der Waals surface area contributed by atoms with Gasteiger partial charge in [-0.3, -0.25) is 4.72 Å². The lowest BCUT2D eigenvalue weighted by atomic mass is 10.1. The lowest BCUT2D eigenvalue weighted by Gasteiger charge is -2.12. The van der Waals surface area contributed by atoms with Crippen LogP contribution in [0.4, 0.5) is 10.8 Å². The molecule has 0 radical (unpaired) electrons. The van der Waals surface area contributed by atoms with E-state index >= 15 is 0 Å². The Kier molecular flexibility index (Phi) is 6.12. The maximum atomic E-state index is 12.8. The fraction of sp³-hybridized carbons (Fsp3) is 0.368. The average molecular weight is 434 g/mol. The van der Waals surface area contributed by atoms with Crippen LogP contribution in [0.1, 0.15) is 31.4 Å². The largest absolute Gasteiger partial charge is 0.391 e. The number of nitrogens with one attached hydrogen (secondary N) is 2. The topological polar surface area (TPSA) is 122 Å². The van der Waals surface area contributed by atoms with Crippen molar-refractivity contribution in [1.82, 2.24) is 9.97 Å². The van der Waals surface area contributed by atoms with Crippen LogP contribution in [0.2, 0.25) is 0 Å². The number of thiazole rings is 1. The number of nitriles is 1. The number of β-amino-alcohol motifs (C(OH)–C–C–N with tert-alkyl or cyclic N) is 1. The highest BCUT2D eigenvalue weighted by Crippen LogP contribution is 2.33. The predicted octanol–water partition coefficient (Wildman–Crippen LogP) is 3.20. The van der Waals surface area contributed by atoms with Gasteiger partial charge in [0.15, 0.2) is 9.34 Å². The van der Waals surface area contributed by atoms with Crippen LogP contribution in [-0.2, 0) is 10.0 Å². The Morgan fingerprint density at radius 1 is 1.41 bits per heavy atom. The van der Waals surface area contributed by atoms with Gasteiger partial charge in [0.2, 0.25) is 0 Å². The van der Waals surface area contributed by atoms with Crippen LogP contribution in [-0.4, -0.2) is 42.7 Å². The maximum absolute atomic E-state index is 12.8. The molecule has 154 valence electrons. The SMILES string of the molecule is CC.Cc1ccc(NS(=O)(=O)c2cnc(N3CCC(O)C3)s2)c2[nH]cc(C#N)c12. The Morgan fingerprint density at radius 3 is 2.83 bits per heavy atom. The van der Waals surface area contributed by atoms with Crippen LogP contribution in [0.5, 0.6) is 0 Å². The van der Waals surface area contributed by atoms with Crippen LogP contribution in [0.3, 0.4) is 0 Å². The van der Waals surface area contributed by atoms with Crippen LogP contribution < -0.4 is 9.62 Å². The zero-order valence-corrected chi connectivity index (χ0v) is 18.1. The molecule has 1 atom stereocenters. The summed E-state index contributed by atoms with van der Waals surface area (Å²) in [6.45, 7) is 6.98. The molecule has 8 nitrogen and oxygen atoms in total. The number of H-pyrrole nitrogens is 1. The molecule has 1 fully saturated rings. The molecule has 3 N–H and O–H groups in total. The highest BCUT2D eigenvalue weighted by Gasteiger charge is 2.26. The Labute approximate surface area is 173 Å². The monoisotopic (exact) mass is 433 g/mol. The number of rotatable bonds is 4. The van der Waals surface area contributed by atoms with Gasteiger partial charge < -0.3 is 15.0 Å². The Hall–Kier alpha value is -2.61. The number of aryl methyl sites for hydroxylation is 1. The first-order valence-corrected chi connectivity index (χ1v) is 11.6. The van der Waals surface area contributed by atoms with Crippen LogP contribution in [0.25, 0.3) is 10.9 Å². The van der Waals surface area contributed by atoms with E-state index in [9.17, 15) is 18.8 Å². The zero-order chi connectivity index (χ0) is 21.2. The Morgan fingerprint density at radius 2 is 2.17 bits per heavy atom. The van der Waals surface area contributed by atoms with Gasteiger partial charge in [-0.1, -0.05) is 31.3 Å². The molecule has 2 aromatic heterocycles. The quantitative estimate of drug-likeness (QED) is 0.581. The number of sulfonamides is 1. The van der Waals surface area contributed by atoms with E-state index in [0.717, 1.165) is 16.9 Å². The molecular formula is C19H23N5O3S2. The first kappa shape index (κ1) is 21.1. The molecule has 1 aliphatic heterocycles. The third-order valence-electron chi connectivity index (χ3n) is 4.58. The molecular weight excluding hydrogens is 410 g/mol. The van der Waals surface area contributed by atoms with E-state index in [0.29, 0.717) is 46.8 Å². The molecule has 3 aromatic rings. The number of benzene rings is 1. The lowest BCUT2D eigenvalue weighted by Crippen LogP contribution is -2.20. The summed E-state index contributed by atoms with van der Waals surface area (Å²) in [7, 11) is -3.82. The number of aromatic amines is 1. The van der Waals surface area contributed by atoms with Crippen LogP contribution in [0, 0.1) is 18.3 Å². The van der Waals surface area contributed by atoms with Gasteiger partial charge >= 0.3 is 0 Å². The molecule has 1 saturated heterocycles. The summed E-state index contributed by atoms with van der Waals surface area (Å²) in [4.78, 5) is 9.05. The summed E-state index contributed by atoms with van der Waals surface area (Å²) in [6, 6.07) is 5.56. The maximum Gasteiger partial charge on any atom is 0.273 e. The second-order valence-corrected chi connectivity index (χ2v) is 9.37. The van der Waals surface area contributed by atoms with E-state index in [2.05, 4.69) is 20.8 Å². The van der Waals surface area contributed by atoms with Crippen molar-refractivity contribution in [1.29, 1.82) is 5.26 Å². The average Bonchev–Trinajstić information content (AvgIpc) is 3.44. The molecule has 0 spiro atoms. The third-order valence-corrected chi connectivity index (χ3v) is 7.46. The highest BCUT2D eigenvalue weighted by molar-refractivity contribution is 7.94. The molecule has 3 heterocycles. The van der Waals surface area contributed by atoms with Crippen molar-refractivity contribution < 1.29 is 13.5 Å². The van der Waals surface area contributed by atoms with E-state index in [1.165, 1.54) is 6.20 Å². The van der Waals surface area contributed by atoms with Crippen LogP contribution >= 0.6 is 11.3 Å². The van der Waals surface area contributed by atoms with Crippen molar-refractivity contribution in [2.45, 2.75) is 37.5 Å². The minimum Gasteiger partial charge on any atom is -0.391 e. The molecule has 0 amide bonds. The number of aliphatic hydroxyl groups excluding tert-OH is 1. The van der Waals surface area contributed by atoms with E-state index in [-0.39, 0.29) is 4.21 Å². The van der Waals surface area contributed by atoms with Gasteiger partial charge in [0.1, 0.15) is 6.07 Å². The third kappa shape index (κ3) is 4.07. The molecule has 0 saturated carbocycles. The van der Waals surface area contributed by atoms with Crippen LogP contribution in [0.15, 0.2) is 28.7 Å². The molecule has 0 bridgehead atoms. The van der Waals surface area contributed by atoms with Gasteiger partial charge in [-0.15, -0.1) is 0 Å². The number of nitrogens with zero attached hydrogens (tertiary/aromatic N) is 3. The number of aliphatic hydroxyl groups is 1. The second-order valence-electron chi connectivity index (χ2n) is 6.45. The fourth-order valence-electron chi connectivity index (χ4n) is 3.23.